The SMILES string of the molecule is NNC(=O)c1ccc(C2(O)O[C@H](CO)[C@@H](O)[C@H](O)[C@H]2O)cc1. The summed E-state index contributed by atoms with van der Waals surface area (Å²) in [6, 6.07) is 5.26. The van der Waals surface area contributed by atoms with E-state index in [0.717, 1.165) is 0 Å². The van der Waals surface area contributed by atoms with Crippen molar-refractivity contribution >= 4 is 5.91 Å². The number of aliphatic hydroxyl groups is 5. The average Bonchev–Trinajstić information content (AvgIpc) is 2.55. The number of hydrogen-bond donors (Lipinski definition) is 7. The Kier molecular flexibility index (Phi) is 4.78. The minimum absolute atomic E-state index is 0.0398. The van der Waals surface area contributed by atoms with Crippen LogP contribution in [0, 0.1) is 0 Å². The van der Waals surface area contributed by atoms with Gasteiger partial charge < -0.3 is 30.3 Å². The van der Waals surface area contributed by atoms with Crippen LogP contribution in [0.25, 0.3) is 0 Å². The molecule has 1 heterocycles. The number of aliphatic hydroxyl groups excluding tert-OH is 4. The van der Waals surface area contributed by atoms with E-state index in [4.69, 9.17) is 15.7 Å². The highest BCUT2D eigenvalue weighted by molar-refractivity contribution is 5.93. The number of nitrogen functional groups attached to an aromatic ring is 1. The van der Waals surface area contributed by atoms with Gasteiger partial charge in [-0.2, -0.15) is 0 Å². The van der Waals surface area contributed by atoms with Gasteiger partial charge in [-0.25, -0.2) is 5.84 Å². The highest BCUT2D eigenvalue weighted by Gasteiger charge is 2.53. The Morgan fingerprint density at radius 2 is 1.82 bits per heavy atom. The second-order valence-corrected chi connectivity index (χ2v) is 5.01. The molecule has 1 aromatic carbocycles. The van der Waals surface area contributed by atoms with Crippen molar-refractivity contribution in [3.63, 3.8) is 0 Å². The maximum Gasteiger partial charge on any atom is 0.265 e. The molecule has 1 fully saturated rings. The fourth-order valence-electron chi connectivity index (χ4n) is 2.34. The van der Waals surface area contributed by atoms with Crippen molar-refractivity contribution in [3.8, 4) is 0 Å². The topological polar surface area (TPSA) is 166 Å². The van der Waals surface area contributed by atoms with Gasteiger partial charge in [-0.05, 0) is 12.1 Å². The van der Waals surface area contributed by atoms with Gasteiger partial charge in [-0.3, -0.25) is 10.2 Å². The van der Waals surface area contributed by atoms with Crippen LogP contribution in [-0.4, -0.2) is 62.5 Å². The molecule has 0 spiro atoms. The zero-order chi connectivity index (χ0) is 16.5. The van der Waals surface area contributed by atoms with Crippen molar-refractivity contribution in [2.75, 3.05) is 6.61 Å². The fraction of sp³-hybridized carbons (Fsp3) is 0.462. The predicted octanol–water partition coefficient (Wildman–Crippen LogP) is -3.09. The second-order valence-electron chi connectivity index (χ2n) is 5.01. The molecule has 1 aliphatic heterocycles. The summed E-state index contributed by atoms with van der Waals surface area (Å²) in [5.41, 5.74) is 2.19. The van der Waals surface area contributed by atoms with E-state index in [1.54, 1.807) is 0 Å². The molecule has 122 valence electrons. The summed E-state index contributed by atoms with van der Waals surface area (Å²) in [6.07, 6.45) is -6.40. The second kappa shape index (κ2) is 6.26. The van der Waals surface area contributed by atoms with Crippen LogP contribution in [0.15, 0.2) is 24.3 Å². The molecular weight excluding hydrogens is 296 g/mol. The van der Waals surface area contributed by atoms with Gasteiger partial charge >= 0.3 is 0 Å². The Labute approximate surface area is 125 Å². The lowest BCUT2D eigenvalue weighted by Gasteiger charge is -2.45. The largest absolute Gasteiger partial charge is 0.394 e. The number of carbonyl (C=O) groups is 1. The molecule has 1 amide bonds. The number of nitrogens with one attached hydrogen (secondary N) is 1. The average molecular weight is 314 g/mol. The summed E-state index contributed by atoms with van der Waals surface area (Å²) >= 11 is 0. The molecule has 1 saturated heterocycles. The summed E-state index contributed by atoms with van der Waals surface area (Å²) in [5.74, 6) is 2.11. The molecular formula is C13H18N2O7. The van der Waals surface area contributed by atoms with Gasteiger partial charge in [0.25, 0.3) is 5.91 Å². The number of carbonyl (C=O) groups excluding carboxylic acids is 1. The molecule has 0 aromatic heterocycles. The van der Waals surface area contributed by atoms with Gasteiger partial charge in [-0.15, -0.1) is 0 Å². The van der Waals surface area contributed by atoms with E-state index in [-0.39, 0.29) is 11.1 Å². The van der Waals surface area contributed by atoms with E-state index in [1.807, 2.05) is 5.43 Å². The molecule has 2 rings (SSSR count). The summed E-state index contributed by atoms with van der Waals surface area (Å²) in [7, 11) is 0. The molecule has 5 atom stereocenters. The van der Waals surface area contributed by atoms with E-state index >= 15 is 0 Å². The number of ether oxygens (including phenoxy) is 1. The minimum atomic E-state index is -2.34. The first-order valence-electron chi connectivity index (χ1n) is 6.52. The van der Waals surface area contributed by atoms with Gasteiger partial charge in [0.05, 0.1) is 6.61 Å². The molecule has 9 nitrogen and oxygen atoms in total. The number of hydrogen-bond acceptors (Lipinski definition) is 8. The third kappa shape index (κ3) is 2.71. The summed E-state index contributed by atoms with van der Waals surface area (Å²) in [6.45, 7) is -0.666. The molecule has 0 bridgehead atoms. The van der Waals surface area contributed by atoms with E-state index in [9.17, 15) is 25.2 Å². The monoisotopic (exact) mass is 314 g/mol. The molecule has 0 radical (unpaired) electrons. The van der Waals surface area contributed by atoms with Crippen molar-refractivity contribution in [2.45, 2.75) is 30.2 Å². The van der Waals surface area contributed by atoms with Crippen molar-refractivity contribution in [3.05, 3.63) is 35.4 Å². The Morgan fingerprint density at radius 3 is 2.32 bits per heavy atom. The molecule has 1 aliphatic rings. The zero-order valence-electron chi connectivity index (χ0n) is 11.5. The Balaban J connectivity index is 2.34. The van der Waals surface area contributed by atoms with Gasteiger partial charge in [0, 0.05) is 11.1 Å². The van der Waals surface area contributed by atoms with E-state index in [1.165, 1.54) is 24.3 Å². The van der Waals surface area contributed by atoms with Crippen molar-refractivity contribution in [1.29, 1.82) is 0 Å². The Hall–Kier alpha value is -1.59. The van der Waals surface area contributed by atoms with Crippen LogP contribution in [0.1, 0.15) is 15.9 Å². The molecule has 0 saturated carbocycles. The smallest absolute Gasteiger partial charge is 0.265 e. The van der Waals surface area contributed by atoms with Crippen LogP contribution in [-0.2, 0) is 10.5 Å². The van der Waals surface area contributed by atoms with Crippen LogP contribution < -0.4 is 11.3 Å². The maximum absolute atomic E-state index is 11.4. The fourth-order valence-corrected chi connectivity index (χ4v) is 2.34. The quantitative estimate of drug-likeness (QED) is 0.175. The number of rotatable bonds is 3. The summed E-state index contributed by atoms with van der Waals surface area (Å²) in [5, 5.41) is 49.1. The lowest BCUT2D eigenvalue weighted by Crippen LogP contribution is -2.63. The first kappa shape index (κ1) is 16.8. The van der Waals surface area contributed by atoms with Gasteiger partial charge in [0.1, 0.15) is 24.4 Å². The zero-order valence-corrected chi connectivity index (χ0v) is 11.5. The van der Waals surface area contributed by atoms with Crippen LogP contribution in [0.2, 0.25) is 0 Å². The van der Waals surface area contributed by atoms with Gasteiger partial charge in [0.15, 0.2) is 0 Å². The predicted molar refractivity (Wildman–Crippen MR) is 72.0 cm³/mol. The standard InChI is InChI=1S/C13H18N2O7/c14-15-12(20)6-1-3-7(4-2-6)13(21)11(19)10(18)9(17)8(5-16)22-13/h1-4,8-11,16-19,21H,5,14H2,(H,15,20)/t8-,9-,10+,11-,13?/m1/s1. The van der Waals surface area contributed by atoms with E-state index in [0.29, 0.717) is 0 Å². The van der Waals surface area contributed by atoms with E-state index in [2.05, 4.69) is 0 Å². The number of benzene rings is 1. The van der Waals surface area contributed by atoms with Crippen LogP contribution >= 0.6 is 0 Å². The Bertz CT molecular complexity index is 536. The lowest BCUT2D eigenvalue weighted by atomic mass is 9.88. The van der Waals surface area contributed by atoms with Gasteiger partial charge in [0.2, 0.25) is 5.79 Å². The van der Waals surface area contributed by atoms with Crippen LogP contribution in [0.5, 0.6) is 0 Å². The third-order valence-corrected chi connectivity index (χ3v) is 3.66. The van der Waals surface area contributed by atoms with Crippen molar-refractivity contribution in [2.24, 2.45) is 5.84 Å². The van der Waals surface area contributed by atoms with Gasteiger partial charge in [-0.1, -0.05) is 12.1 Å². The first-order valence-corrected chi connectivity index (χ1v) is 6.52. The summed E-state index contributed by atoms with van der Waals surface area (Å²) < 4.78 is 5.15. The number of nitrogens with two attached hydrogens (primary N) is 1. The molecule has 0 aliphatic carbocycles. The minimum Gasteiger partial charge on any atom is -0.394 e. The lowest BCUT2D eigenvalue weighted by molar-refractivity contribution is -0.357. The molecule has 1 aromatic rings. The Morgan fingerprint density at radius 1 is 1.23 bits per heavy atom. The van der Waals surface area contributed by atoms with Crippen LogP contribution in [0.3, 0.4) is 0 Å². The number of amides is 1. The number of hydrazine groups is 1. The first-order chi connectivity index (χ1) is 10.3. The molecule has 22 heavy (non-hydrogen) atoms. The molecule has 1 unspecified atom stereocenters. The summed E-state index contributed by atoms with van der Waals surface area (Å²) in [4.78, 5) is 11.4. The van der Waals surface area contributed by atoms with Crippen molar-refractivity contribution < 1.29 is 35.1 Å². The molecule has 9 heteroatoms. The third-order valence-electron chi connectivity index (χ3n) is 3.66. The van der Waals surface area contributed by atoms with Crippen LogP contribution in [0.4, 0.5) is 0 Å². The van der Waals surface area contributed by atoms with E-state index < -0.39 is 42.7 Å². The van der Waals surface area contributed by atoms with Crippen molar-refractivity contribution in [1.82, 2.24) is 5.43 Å². The maximum atomic E-state index is 11.4. The highest BCUT2D eigenvalue weighted by Crippen LogP contribution is 2.36. The normalized spacial score (nSPS) is 35.2. The molecule has 8 N–H and O–H groups in total. The highest BCUT2D eigenvalue weighted by atomic mass is 16.7.